The molecule has 0 radical (unpaired) electrons. The van der Waals surface area contributed by atoms with Crippen LogP contribution in [0, 0.1) is 0 Å². The van der Waals surface area contributed by atoms with Gasteiger partial charge in [0.2, 0.25) is 5.91 Å². The second-order valence-corrected chi connectivity index (χ2v) is 2.39. The Balaban J connectivity index is 2.63. The Morgan fingerprint density at radius 2 is 2.08 bits per heavy atom. The summed E-state index contributed by atoms with van der Waals surface area (Å²) < 4.78 is 0. The van der Waals surface area contributed by atoms with Crippen LogP contribution in [-0.4, -0.2) is 5.91 Å². The number of nitrogens with one attached hydrogen (secondary N) is 2. The van der Waals surface area contributed by atoms with Gasteiger partial charge in [-0.05, 0) is 12.1 Å². The molecule has 4 N–H and O–H groups in total. The van der Waals surface area contributed by atoms with Crippen LogP contribution < -0.4 is 16.6 Å². The topological polar surface area (TPSA) is 67.2 Å². The number of anilines is 2. The van der Waals surface area contributed by atoms with E-state index in [2.05, 4.69) is 10.9 Å². The van der Waals surface area contributed by atoms with E-state index in [1.807, 2.05) is 12.1 Å². The monoisotopic (exact) mass is 165 g/mol. The maximum Gasteiger partial charge on any atom is 0.235 e. The summed E-state index contributed by atoms with van der Waals surface area (Å²) in [6.07, 6.45) is 0. The fourth-order valence-electron chi connectivity index (χ4n) is 0.766. The van der Waals surface area contributed by atoms with Gasteiger partial charge in [-0.1, -0.05) is 12.1 Å². The first-order chi connectivity index (χ1) is 5.70. The molecule has 0 saturated heterocycles. The van der Waals surface area contributed by atoms with E-state index in [0.29, 0.717) is 11.4 Å². The van der Waals surface area contributed by atoms with Gasteiger partial charge in [0.15, 0.2) is 0 Å². The van der Waals surface area contributed by atoms with Gasteiger partial charge < -0.3 is 5.73 Å². The van der Waals surface area contributed by atoms with Crippen molar-refractivity contribution in [3.05, 3.63) is 24.3 Å². The van der Waals surface area contributed by atoms with Crippen molar-refractivity contribution in [2.75, 3.05) is 11.2 Å². The Bertz CT molecular complexity index is 285. The average molecular weight is 165 g/mol. The van der Waals surface area contributed by atoms with Crippen LogP contribution in [0.1, 0.15) is 6.92 Å². The molecule has 0 fully saturated rings. The highest BCUT2D eigenvalue weighted by molar-refractivity contribution is 5.76. The number of benzene rings is 1. The van der Waals surface area contributed by atoms with Crippen LogP contribution in [0.25, 0.3) is 0 Å². The maximum atomic E-state index is 10.5. The quantitative estimate of drug-likeness (QED) is 0.447. The van der Waals surface area contributed by atoms with Crippen molar-refractivity contribution in [2.45, 2.75) is 6.92 Å². The molecule has 0 heterocycles. The molecule has 0 aromatic heterocycles. The highest BCUT2D eigenvalue weighted by Crippen LogP contribution is 2.14. The molecule has 1 amide bonds. The van der Waals surface area contributed by atoms with Gasteiger partial charge in [0.25, 0.3) is 0 Å². The Hall–Kier alpha value is -1.71. The molecule has 0 aliphatic carbocycles. The molecule has 1 aromatic carbocycles. The normalized spacial score (nSPS) is 9.08. The lowest BCUT2D eigenvalue weighted by atomic mass is 10.3. The largest absolute Gasteiger partial charge is 0.397 e. The lowest BCUT2D eigenvalue weighted by Gasteiger charge is -2.07. The van der Waals surface area contributed by atoms with Crippen LogP contribution in [0.3, 0.4) is 0 Å². The summed E-state index contributed by atoms with van der Waals surface area (Å²) in [6.45, 7) is 1.42. The minimum absolute atomic E-state index is 0.154. The van der Waals surface area contributed by atoms with Crippen molar-refractivity contribution in [3.8, 4) is 0 Å². The van der Waals surface area contributed by atoms with Crippen molar-refractivity contribution in [1.29, 1.82) is 0 Å². The van der Waals surface area contributed by atoms with E-state index in [9.17, 15) is 4.79 Å². The Labute approximate surface area is 70.7 Å². The molecular weight excluding hydrogens is 154 g/mol. The van der Waals surface area contributed by atoms with Crippen LogP contribution in [0.15, 0.2) is 24.3 Å². The Morgan fingerprint density at radius 1 is 1.42 bits per heavy atom. The fourth-order valence-corrected chi connectivity index (χ4v) is 0.766. The van der Waals surface area contributed by atoms with Gasteiger partial charge in [0.1, 0.15) is 0 Å². The average Bonchev–Trinajstić information content (AvgIpc) is 2.03. The van der Waals surface area contributed by atoms with Gasteiger partial charge in [-0.3, -0.25) is 15.6 Å². The zero-order chi connectivity index (χ0) is 8.97. The molecule has 64 valence electrons. The van der Waals surface area contributed by atoms with Gasteiger partial charge >= 0.3 is 0 Å². The number of carbonyl (C=O) groups is 1. The van der Waals surface area contributed by atoms with Crippen molar-refractivity contribution >= 4 is 17.3 Å². The summed E-state index contributed by atoms with van der Waals surface area (Å²) in [5.41, 5.74) is 12.0. The minimum Gasteiger partial charge on any atom is -0.397 e. The first-order valence-corrected chi connectivity index (χ1v) is 3.57. The summed E-state index contributed by atoms with van der Waals surface area (Å²) >= 11 is 0. The van der Waals surface area contributed by atoms with Crippen LogP contribution in [0.5, 0.6) is 0 Å². The Morgan fingerprint density at radius 3 is 2.67 bits per heavy atom. The molecule has 0 spiro atoms. The predicted octanol–water partition coefficient (Wildman–Crippen LogP) is 0.732. The number of carbonyl (C=O) groups excluding carboxylic acids is 1. The third kappa shape index (κ3) is 2.16. The van der Waals surface area contributed by atoms with Gasteiger partial charge in [-0.25, -0.2) is 0 Å². The van der Waals surface area contributed by atoms with E-state index in [1.54, 1.807) is 12.1 Å². The third-order valence-electron chi connectivity index (χ3n) is 1.33. The number of hydrazine groups is 1. The number of hydrogen-bond donors (Lipinski definition) is 3. The number of hydrogen-bond acceptors (Lipinski definition) is 3. The van der Waals surface area contributed by atoms with E-state index in [-0.39, 0.29) is 5.91 Å². The van der Waals surface area contributed by atoms with E-state index >= 15 is 0 Å². The first kappa shape index (κ1) is 8.39. The van der Waals surface area contributed by atoms with Gasteiger partial charge in [0.05, 0.1) is 11.4 Å². The van der Waals surface area contributed by atoms with Crippen molar-refractivity contribution in [3.63, 3.8) is 0 Å². The first-order valence-electron chi connectivity index (χ1n) is 3.57. The molecule has 1 aromatic rings. The predicted molar refractivity (Wildman–Crippen MR) is 48.3 cm³/mol. The molecule has 0 saturated carbocycles. The van der Waals surface area contributed by atoms with Crippen LogP contribution in [-0.2, 0) is 4.79 Å². The zero-order valence-corrected chi connectivity index (χ0v) is 6.79. The van der Waals surface area contributed by atoms with Crippen LogP contribution in [0.4, 0.5) is 11.4 Å². The lowest BCUT2D eigenvalue weighted by molar-refractivity contribution is -0.118. The maximum absolute atomic E-state index is 10.5. The number of para-hydroxylation sites is 2. The van der Waals surface area contributed by atoms with Crippen molar-refractivity contribution in [2.24, 2.45) is 0 Å². The summed E-state index contributed by atoms with van der Waals surface area (Å²) in [5.74, 6) is -0.154. The van der Waals surface area contributed by atoms with Crippen LogP contribution >= 0.6 is 0 Å². The molecule has 1 rings (SSSR count). The molecule has 0 aliphatic heterocycles. The van der Waals surface area contributed by atoms with Gasteiger partial charge in [-0.2, -0.15) is 0 Å². The molecule has 12 heavy (non-hydrogen) atoms. The highest BCUT2D eigenvalue weighted by Gasteiger charge is 1.95. The SMILES string of the molecule is CC(=O)NNc1ccccc1N. The number of amides is 1. The minimum atomic E-state index is -0.154. The van der Waals surface area contributed by atoms with Crippen LogP contribution in [0.2, 0.25) is 0 Å². The summed E-state index contributed by atoms with van der Waals surface area (Å²) in [6, 6.07) is 7.20. The smallest absolute Gasteiger partial charge is 0.235 e. The molecule has 0 bridgehead atoms. The number of nitrogens with two attached hydrogens (primary N) is 1. The lowest BCUT2D eigenvalue weighted by Crippen LogP contribution is -2.26. The molecular formula is C8H11N3O. The number of nitrogen functional groups attached to an aromatic ring is 1. The van der Waals surface area contributed by atoms with E-state index < -0.39 is 0 Å². The molecule has 0 atom stereocenters. The number of rotatable bonds is 2. The zero-order valence-electron chi connectivity index (χ0n) is 6.79. The fraction of sp³-hybridized carbons (Fsp3) is 0.125. The van der Waals surface area contributed by atoms with E-state index in [1.165, 1.54) is 6.92 Å². The van der Waals surface area contributed by atoms with Gasteiger partial charge in [0, 0.05) is 6.92 Å². The second-order valence-electron chi connectivity index (χ2n) is 2.39. The van der Waals surface area contributed by atoms with E-state index in [4.69, 9.17) is 5.73 Å². The van der Waals surface area contributed by atoms with E-state index in [0.717, 1.165) is 0 Å². The highest BCUT2D eigenvalue weighted by atomic mass is 16.2. The molecule has 4 heteroatoms. The Kier molecular flexibility index (Phi) is 2.53. The molecule has 0 unspecified atom stereocenters. The molecule has 0 aliphatic rings. The van der Waals surface area contributed by atoms with Crippen molar-refractivity contribution in [1.82, 2.24) is 5.43 Å². The summed E-state index contributed by atoms with van der Waals surface area (Å²) in [4.78, 5) is 10.5. The molecule has 4 nitrogen and oxygen atoms in total. The summed E-state index contributed by atoms with van der Waals surface area (Å²) in [7, 11) is 0. The van der Waals surface area contributed by atoms with Gasteiger partial charge in [-0.15, -0.1) is 0 Å². The third-order valence-corrected chi connectivity index (χ3v) is 1.33. The summed E-state index contributed by atoms with van der Waals surface area (Å²) in [5, 5.41) is 0. The second kappa shape index (κ2) is 3.61. The standard InChI is InChI=1S/C8H11N3O/c1-6(12)10-11-8-5-3-2-4-7(8)9/h2-5,11H,9H2,1H3,(H,10,12). The van der Waals surface area contributed by atoms with Crippen molar-refractivity contribution < 1.29 is 4.79 Å².